The molecule has 3 nitrogen and oxygen atoms in total. The Labute approximate surface area is 171 Å². The third kappa shape index (κ3) is 3.80. The van der Waals surface area contributed by atoms with Crippen LogP contribution in [0.15, 0.2) is 11.6 Å². The van der Waals surface area contributed by atoms with E-state index in [9.17, 15) is 9.59 Å². The summed E-state index contributed by atoms with van der Waals surface area (Å²) >= 11 is 3.28. The number of ether oxygens (including phenoxy) is 1. The van der Waals surface area contributed by atoms with E-state index in [-0.39, 0.29) is 10.8 Å². The van der Waals surface area contributed by atoms with Gasteiger partial charge in [0.2, 0.25) is 0 Å². The number of carbonyl (C=O) groups excluding carboxylic acids is 2. The van der Waals surface area contributed by atoms with Gasteiger partial charge in [-0.3, -0.25) is 9.59 Å². The van der Waals surface area contributed by atoms with Gasteiger partial charge in [0.05, 0.1) is 6.61 Å². The van der Waals surface area contributed by atoms with Crippen molar-refractivity contribution in [1.82, 2.24) is 0 Å². The minimum Gasteiger partial charge on any atom is -0.465 e. The minimum atomic E-state index is -0.214. The highest BCUT2D eigenvalue weighted by Crippen LogP contribution is 2.63. The van der Waals surface area contributed by atoms with Gasteiger partial charge in [-0.2, -0.15) is 0 Å². The smallest absolute Gasteiger partial charge is 0.319 e. The number of rotatable bonds is 4. The molecule has 4 aliphatic carbocycles. The van der Waals surface area contributed by atoms with Crippen molar-refractivity contribution in [3.8, 4) is 0 Å². The number of hydrogen-bond donors (Lipinski definition) is 0. The first-order chi connectivity index (χ1) is 12.9. The summed E-state index contributed by atoms with van der Waals surface area (Å²) < 4.78 is 5.41. The van der Waals surface area contributed by atoms with Gasteiger partial charge in [-0.25, -0.2) is 0 Å². The molecule has 27 heavy (non-hydrogen) atoms. The molecule has 0 heterocycles. The zero-order valence-corrected chi connectivity index (χ0v) is 18.3. The second-order valence-electron chi connectivity index (χ2n) is 9.87. The molecule has 1 unspecified atom stereocenters. The highest BCUT2D eigenvalue weighted by molar-refractivity contribution is 9.10. The lowest BCUT2D eigenvalue weighted by Crippen LogP contribution is -2.44. The van der Waals surface area contributed by atoms with Crippen LogP contribution < -0.4 is 0 Å². The van der Waals surface area contributed by atoms with E-state index in [0.717, 1.165) is 43.4 Å². The zero-order chi connectivity index (χ0) is 19.2. The zero-order valence-electron chi connectivity index (χ0n) is 16.7. The van der Waals surface area contributed by atoms with Gasteiger partial charge in [0.15, 0.2) is 5.78 Å². The van der Waals surface area contributed by atoms with Crippen molar-refractivity contribution in [2.75, 3.05) is 6.61 Å². The Morgan fingerprint density at radius 2 is 2.11 bits per heavy atom. The molecule has 150 valence electrons. The molecule has 3 saturated carbocycles. The lowest BCUT2D eigenvalue weighted by Gasteiger charge is -2.52. The van der Waals surface area contributed by atoms with Crippen LogP contribution in [0.25, 0.3) is 0 Å². The quantitative estimate of drug-likeness (QED) is 0.433. The van der Waals surface area contributed by atoms with E-state index < -0.39 is 0 Å². The fourth-order valence-corrected chi connectivity index (χ4v) is 7.18. The van der Waals surface area contributed by atoms with Crippen molar-refractivity contribution >= 4 is 27.7 Å². The van der Waals surface area contributed by atoms with Gasteiger partial charge in [0.25, 0.3) is 0 Å². The highest BCUT2D eigenvalue weighted by atomic mass is 79.9. The first kappa shape index (κ1) is 19.7. The van der Waals surface area contributed by atoms with Crippen LogP contribution in [-0.2, 0) is 14.3 Å². The summed E-state index contributed by atoms with van der Waals surface area (Å²) in [6, 6.07) is 0. The number of allylic oxidation sites excluding steroid dienone is 1. The molecule has 0 aliphatic heterocycles. The first-order valence-corrected chi connectivity index (χ1v) is 11.8. The Hall–Kier alpha value is -0.640. The minimum absolute atomic E-state index is 0.143. The van der Waals surface area contributed by atoms with E-state index in [1.165, 1.54) is 37.7 Å². The summed E-state index contributed by atoms with van der Waals surface area (Å²) in [5.74, 6) is 4.07. The van der Waals surface area contributed by atoms with E-state index in [2.05, 4.69) is 22.9 Å². The Bertz CT molecular complexity index is 640. The third-order valence-electron chi connectivity index (χ3n) is 8.26. The van der Waals surface area contributed by atoms with Crippen LogP contribution in [0.4, 0.5) is 0 Å². The van der Waals surface area contributed by atoms with Gasteiger partial charge in [0.1, 0.15) is 4.83 Å². The van der Waals surface area contributed by atoms with Crippen LogP contribution in [0.2, 0.25) is 0 Å². The third-order valence-corrected chi connectivity index (χ3v) is 8.63. The molecule has 0 saturated heterocycles. The predicted octanol–water partition coefficient (Wildman–Crippen LogP) is 5.46. The molecule has 0 bridgehead atoms. The second-order valence-corrected chi connectivity index (χ2v) is 11.2. The summed E-state index contributed by atoms with van der Waals surface area (Å²) in [6.07, 6.45) is 12.6. The molecule has 0 aromatic carbocycles. The number of esters is 1. The number of alkyl halides is 1. The molecule has 0 radical (unpaired) electrons. The lowest BCUT2D eigenvalue weighted by molar-refractivity contribution is -0.142. The van der Waals surface area contributed by atoms with Crippen molar-refractivity contribution in [2.45, 2.75) is 76.5 Å². The monoisotopic (exact) mass is 436 g/mol. The number of carbonyl (C=O) groups is 2. The summed E-state index contributed by atoms with van der Waals surface area (Å²) in [5.41, 5.74) is 1.95. The second kappa shape index (κ2) is 7.65. The highest BCUT2D eigenvalue weighted by Gasteiger charge is 2.54. The van der Waals surface area contributed by atoms with E-state index >= 15 is 0 Å². The van der Waals surface area contributed by atoms with E-state index in [0.29, 0.717) is 29.6 Å². The molecule has 4 aliphatic rings. The average Bonchev–Trinajstić information content (AvgIpc) is 2.97. The normalized spacial score (nSPS) is 41.8. The van der Waals surface area contributed by atoms with Crippen molar-refractivity contribution < 1.29 is 14.3 Å². The predicted molar refractivity (Wildman–Crippen MR) is 110 cm³/mol. The van der Waals surface area contributed by atoms with Gasteiger partial charge in [-0.05, 0) is 99.4 Å². The maximum Gasteiger partial charge on any atom is 0.319 e. The van der Waals surface area contributed by atoms with Gasteiger partial charge < -0.3 is 4.74 Å². The molecule has 3 fully saturated rings. The van der Waals surface area contributed by atoms with E-state index in [1.54, 1.807) is 0 Å². The SMILES string of the molecule is CC(Br)C(=O)OCC[C@H]1C[C@H]2[C@@H]3CCC4=CC(=O)CC[C@@H]4[C@H]3CC[C@]2(C)C1. The Morgan fingerprint density at radius 3 is 2.89 bits per heavy atom. The van der Waals surface area contributed by atoms with Crippen molar-refractivity contribution in [3.63, 3.8) is 0 Å². The summed E-state index contributed by atoms with van der Waals surface area (Å²) in [4.78, 5) is 23.3. The maximum absolute atomic E-state index is 11.8. The fraction of sp³-hybridized carbons (Fsp3) is 0.826. The summed E-state index contributed by atoms with van der Waals surface area (Å²) in [6.45, 7) is 4.91. The van der Waals surface area contributed by atoms with Crippen molar-refractivity contribution in [3.05, 3.63) is 11.6 Å². The molecule has 4 heteroatoms. The van der Waals surface area contributed by atoms with Crippen LogP contribution in [0, 0.1) is 35.0 Å². The van der Waals surface area contributed by atoms with Crippen molar-refractivity contribution in [2.24, 2.45) is 35.0 Å². The number of ketones is 1. The average molecular weight is 437 g/mol. The van der Waals surface area contributed by atoms with Gasteiger partial charge in [-0.1, -0.05) is 28.4 Å². The van der Waals surface area contributed by atoms with Crippen LogP contribution in [0.5, 0.6) is 0 Å². The maximum atomic E-state index is 11.8. The number of halogens is 1. The molecular weight excluding hydrogens is 404 g/mol. The summed E-state index contributed by atoms with van der Waals surface area (Å²) in [5, 5.41) is 0. The number of hydrogen-bond acceptors (Lipinski definition) is 3. The van der Waals surface area contributed by atoms with Crippen molar-refractivity contribution in [1.29, 1.82) is 0 Å². The molecule has 0 N–H and O–H groups in total. The molecule has 0 amide bonds. The van der Waals surface area contributed by atoms with Gasteiger partial charge in [-0.15, -0.1) is 0 Å². The molecule has 4 rings (SSSR count). The van der Waals surface area contributed by atoms with Crippen LogP contribution in [0.3, 0.4) is 0 Å². The molecular formula is C23H33BrO3. The molecule has 0 aromatic heterocycles. The molecule has 0 spiro atoms. The standard InChI is InChI=1S/C23H33BrO3/c1-14(24)22(26)27-10-8-15-11-21-20-5-3-16-12-17(25)4-6-18(16)19(20)7-9-23(21,2)13-15/h12,14-15,18-21H,3-11,13H2,1-2H3/t14?,15-,18-,19+,20+,21-,23+/m0/s1. The molecule has 0 aromatic rings. The van der Waals surface area contributed by atoms with Gasteiger partial charge in [0, 0.05) is 6.42 Å². The van der Waals surface area contributed by atoms with Gasteiger partial charge >= 0.3 is 5.97 Å². The van der Waals surface area contributed by atoms with E-state index in [1.807, 2.05) is 13.0 Å². The topological polar surface area (TPSA) is 43.4 Å². The fourth-order valence-electron chi connectivity index (χ4n) is 7.05. The Balaban J connectivity index is 1.40. The first-order valence-electron chi connectivity index (χ1n) is 10.9. The number of fused-ring (bicyclic) bond motifs is 5. The lowest BCUT2D eigenvalue weighted by atomic mass is 9.52. The van der Waals surface area contributed by atoms with Crippen LogP contribution in [0.1, 0.15) is 71.6 Å². The largest absolute Gasteiger partial charge is 0.465 e. The summed E-state index contributed by atoms with van der Waals surface area (Å²) in [7, 11) is 0. The van der Waals surface area contributed by atoms with Crippen LogP contribution in [-0.4, -0.2) is 23.2 Å². The Kier molecular flexibility index (Phi) is 5.57. The van der Waals surface area contributed by atoms with E-state index in [4.69, 9.17) is 4.74 Å². The van der Waals surface area contributed by atoms with Crippen LogP contribution >= 0.6 is 15.9 Å². The Morgan fingerprint density at radius 1 is 1.30 bits per heavy atom. The molecule has 7 atom stereocenters.